The van der Waals surface area contributed by atoms with Crippen LogP contribution in [0.4, 0.5) is 5.69 Å². The maximum atomic E-state index is 5.73. The summed E-state index contributed by atoms with van der Waals surface area (Å²) in [5, 5.41) is 0. The first-order valence-electron chi connectivity index (χ1n) is 6.22. The predicted molar refractivity (Wildman–Crippen MR) is 75.4 cm³/mol. The Labute approximate surface area is 108 Å². The number of hydrogen-bond donors (Lipinski definition) is 1. The van der Waals surface area contributed by atoms with E-state index in [9.17, 15) is 0 Å². The van der Waals surface area contributed by atoms with E-state index in [1.807, 2.05) is 6.07 Å². The zero-order chi connectivity index (χ0) is 12.3. The highest BCUT2D eigenvalue weighted by molar-refractivity contribution is 7.80. The number of nitrogens with two attached hydrogens (primary N) is 1. The van der Waals surface area contributed by atoms with Crippen LogP contribution in [0.2, 0.25) is 0 Å². The maximum absolute atomic E-state index is 5.73. The third kappa shape index (κ3) is 2.75. The Balaban J connectivity index is 2.24. The van der Waals surface area contributed by atoms with Crippen LogP contribution in [0.15, 0.2) is 18.3 Å². The first-order valence-corrected chi connectivity index (χ1v) is 6.63. The van der Waals surface area contributed by atoms with E-state index in [4.69, 9.17) is 18.0 Å². The topological polar surface area (TPSA) is 42.2 Å². The Morgan fingerprint density at radius 1 is 1.65 bits per heavy atom. The van der Waals surface area contributed by atoms with Crippen molar-refractivity contribution < 1.29 is 0 Å². The fourth-order valence-electron chi connectivity index (χ4n) is 2.46. The van der Waals surface area contributed by atoms with Crippen molar-refractivity contribution >= 4 is 22.9 Å². The van der Waals surface area contributed by atoms with Gasteiger partial charge in [0, 0.05) is 19.3 Å². The second-order valence-corrected chi connectivity index (χ2v) is 5.04. The van der Waals surface area contributed by atoms with E-state index < -0.39 is 0 Å². The molecule has 1 unspecified atom stereocenters. The zero-order valence-corrected chi connectivity index (χ0v) is 11.0. The smallest absolute Gasteiger partial charge is 0.124 e. The summed E-state index contributed by atoms with van der Waals surface area (Å²) in [6.45, 7) is 4.43. The molecule has 1 fully saturated rings. The maximum Gasteiger partial charge on any atom is 0.124 e. The van der Waals surface area contributed by atoms with E-state index in [1.54, 1.807) is 6.20 Å². The minimum atomic E-state index is 0.388. The number of piperidine rings is 1. The standard InChI is InChI=1S/C13H19N3S/c1-2-10-5-4-8-16(9-10)11-6-3-7-15-12(11)13(14)17/h3,6-7,10H,2,4-5,8-9H2,1H3,(H2,14,17). The SMILES string of the molecule is CCC1CCCN(c2cccnc2C(N)=S)C1. The van der Waals surface area contributed by atoms with E-state index in [1.165, 1.54) is 19.3 Å². The molecule has 2 N–H and O–H groups in total. The van der Waals surface area contributed by atoms with Crippen molar-refractivity contribution in [3.8, 4) is 0 Å². The normalized spacial score (nSPS) is 20.3. The monoisotopic (exact) mass is 249 g/mol. The predicted octanol–water partition coefficient (Wildman–Crippen LogP) is 2.34. The molecule has 2 rings (SSSR count). The van der Waals surface area contributed by atoms with Crippen LogP contribution in [0.1, 0.15) is 31.9 Å². The molecule has 0 saturated carbocycles. The lowest BCUT2D eigenvalue weighted by Crippen LogP contribution is -2.36. The van der Waals surface area contributed by atoms with Gasteiger partial charge < -0.3 is 10.6 Å². The molecular weight excluding hydrogens is 230 g/mol. The molecule has 1 aromatic heterocycles. The van der Waals surface area contributed by atoms with Crippen molar-refractivity contribution in [3.05, 3.63) is 24.0 Å². The lowest BCUT2D eigenvalue weighted by molar-refractivity contribution is 0.404. The molecule has 0 aromatic carbocycles. The van der Waals surface area contributed by atoms with Crippen molar-refractivity contribution in [3.63, 3.8) is 0 Å². The van der Waals surface area contributed by atoms with E-state index >= 15 is 0 Å². The summed E-state index contributed by atoms with van der Waals surface area (Å²) in [4.78, 5) is 7.06. The molecule has 1 aliphatic rings. The van der Waals surface area contributed by atoms with Gasteiger partial charge in [-0.05, 0) is 30.9 Å². The minimum absolute atomic E-state index is 0.388. The average molecular weight is 249 g/mol. The van der Waals surface area contributed by atoms with Crippen LogP contribution in [0.3, 0.4) is 0 Å². The highest BCUT2D eigenvalue weighted by Crippen LogP contribution is 2.26. The summed E-state index contributed by atoms with van der Waals surface area (Å²) in [6.07, 6.45) is 5.55. The van der Waals surface area contributed by atoms with Gasteiger partial charge in [-0.15, -0.1) is 0 Å². The molecule has 0 radical (unpaired) electrons. The van der Waals surface area contributed by atoms with E-state index in [0.29, 0.717) is 4.99 Å². The van der Waals surface area contributed by atoms with Gasteiger partial charge in [-0.25, -0.2) is 0 Å². The average Bonchev–Trinajstić information content (AvgIpc) is 2.39. The highest BCUT2D eigenvalue weighted by atomic mass is 32.1. The lowest BCUT2D eigenvalue weighted by Gasteiger charge is -2.34. The molecule has 0 bridgehead atoms. The zero-order valence-electron chi connectivity index (χ0n) is 10.2. The van der Waals surface area contributed by atoms with E-state index in [0.717, 1.165) is 30.4 Å². The molecule has 1 atom stereocenters. The molecular formula is C13H19N3S. The first kappa shape index (κ1) is 12.3. The van der Waals surface area contributed by atoms with Gasteiger partial charge >= 0.3 is 0 Å². The van der Waals surface area contributed by atoms with E-state index in [-0.39, 0.29) is 0 Å². The summed E-state index contributed by atoms with van der Waals surface area (Å²) >= 11 is 5.07. The van der Waals surface area contributed by atoms with Crippen molar-refractivity contribution in [2.45, 2.75) is 26.2 Å². The summed E-state index contributed by atoms with van der Waals surface area (Å²) in [7, 11) is 0. The molecule has 0 spiro atoms. The van der Waals surface area contributed by atoms with Crippen LogP contribution in [-0.2, 0) is 0 Å². The van der Waals surface area contributed by atoms with Gasteiger partial charge in [-0.3, -0.25) is 4.98 Å². The second-order valence-electron chi connectivity index (χ2n) is 4.60. The molecule has 3 nitrogen and oxygen atoms in total. The van der Waals surface area contributed by atoms with Crippen LogP contribution in [-0.4, -0.2) is 23.1 Å². The fraction of sp³-hybridized carbons (Fsp3) is 0.538. The molecule has 2 heterocycles. The lowest BCUT2D eigenvalue weighted by atomic mass is 9.95. The Morgan fingerprint density at radius 3 is 3.18 bits per heavy atom. The molecule has 4 heteroatoms. The van der Waals surface area contributed by atoms with Crippen LogP contribution in [0.5, 0.6) is 0 Å². The molecule has 1 saturated heterocycles. The molecule has 1 aliphatic heterocycles. The number of nitrogens with zero attached hydrogens (tertiary/aromatic N) is 2. The number of pyridine rings is 1. The number of rotatable bonds is 3. The van der Waals surface area contributed by atoms with Gasteiger partial charge in [0.15, 0.2) is 0 Å². The summed E-state index contributed by atoms with van der Waals surface area (Å²) in [5.41, 5.74) is 7.59. The minimum Gasteiger partial charge on any atom is -0.388 e. The molecule has 0 amide bonds. The highest BCUT2D eigenvalue weighted by Gasteiger charge is 2.21. The third-order valence-corrected chi connectivity index (χ3v) is 3.65. The largest absolute Gasteiger partial charge is 0.388 e. The molecule has 17 heavy (non-hydrogen) atoms. The quantitative estimate of drug-likeness (QED) is 0.835. The first-order chi connectivity index (χ1) is 8.22. The van der Waals surface area contributed by atoms with Crippen molar-refractivity contribution in [2.24, 2.45) is 11.7 Å². The fourth-order valence-corrected chi connectivity index (χ4v) is 2.62. The van der Waals surface area contributed by atoms with Gasteiger partial charge in [0.1, 0.15) is 10.7 Å². The van der Waals surface area contributed by atoms with Gasteiger partial charge in [-0.1, -0.05) is 25.6 Å². The van der Waals surface area contributed by atoms with Crippen LogP contribution >= 0.6 is 12.2 Å². The summed E-state index contributed by atoms with van der Waals surface area (Å²) in [6, 6.07) is 4.02. The Hall–Kier alpha value is -1.16. The Kier molecular flexibility index (Phi) is 3.94. The number of aromatic nitrogens is 1. The molecule has 92 valence electrons. The van der Waals surface area contributed by atoms with E-state index in [2.05, 4.69) is 22.9 Å². The Bertz CT molecular complexity index is 405. The third-order valence-electron chi connectivity index (χ3n) is 3.46. The number of thiocarbonyl (C=S) groups is 1. The van der Waals surface area contributed by atoms with Gasteiger partial charge in [0.05, 0.1) is 5.69 Å². The van der Waals surface area contributed by atoms with Crippen molar-refractivity contribution in [1.29, 1.82) is 0 Å². The van der Waals surface area contributed by atoms with Crippen LogP contribution in [0, 0.1) is 5.92 Å². The summed E-state index contributed by atoms with van der Waals surface area (Å²) < 4.78 is 0. The number of anilines is 1. The van der Waals surface area contributed by atoms with Gasteiger partial charge in [0.25, 0.3) is 0 Å². The van der Waals surface area contributed by atoms with Gasteiger partial charge in [-0.2, -0.15) is 0 Å². The van der Waals surface area contributed by atoms with Crippen molar-refractivity contribution in [2.75, 3.05) is 18.0 Å². The second kappa shape index (κ2) is 5.45. The molecule has 1 aromatic rings. The van der Waals surface area contributed by atoms with Crippen molar-refractivity contribution in [1.82, 2.24) is 4.98 Å². The Morgan fingerprint density at radius 2 is 2.47 bits per heavy atom. The van der Waals surface area contributed by atoms with Crippen LogP contribution < -0.4 is 10.6 Å². The van der Waals surface area contributed by atoms with Gasteiger partial charge in [0.2, 0.25) is 0 Å². The number of hydrogen-bond acceptors (Lipinski definition) is 3. The summed E-state index contributed by atoms with van der Waals surface area (Å²) in [5.74, 6) is 0.781. The molecule has 0 aliphatic carbocycles. The van der Waals surface area contributed by atoms with Crippen LogP contribution in [0.25, 0.3) is 0 Å².